The number of likely N-dealkylation sites (tertiary alicyclic amines) is 1. The van der Waals surface area contributed by atoms with Crippen molar-refractivity contribution in [2.45, 2.75) is 70.4 Å². The monoisotopic (exact) mass is 386 g/mol. The number of nitrogens with zero attached hydrogens (tertiary/aromatic N) is 2. The molecule has 0 spiro atoms. The molecule has 0 amide bonds. The first-order valence-electron chi connectivity index (χ1n) is 11.2. The summed E-state index contributed by atoms with van der Waals surface area (Å²) in [5.41, 5.74) is 1.29. The van der Waals surface area contributed by atoms with Gasteiger partial charge in [0.1, 0.15) is 5.75 Å². The van der Waals surface area contributed by atoms with Gasteiger partial charge in [-0.3, -0.25) is 4.99 Å². The van der Waals surface area contributed by atoms with Gasteiger partial charge in [-0.25, -0.2) is 0 Å². The molecule has 1 heterocycles. The van der Waals surface area contributed by atoms with Gasteiger partial charge in [0, 0.05) is 38.8 Å². The van der Waals surface area contributed by atoms with E-state index in [9.17, 15) is 0 Å². The van der Waals surface area contributed by atoms with Crippen LogP contribution in [-0.2, 0) is 6.42 Å². The van der Waals surface area contributed by atoms with E-state index >= 15 is 0 Å². The van der Waals surface area contributed by atoms with Crippen molar-refractivity contribution in [3.05, 3.63) is 29.8 Å². The second-order valence-corrected chi connectivity index (χ2v) is 8.14. The summed E-state index contributed by atoms with van der Waals surface area (Å²) < 4.78 is 5.73. The normalized spacial score (nSPS) is 19.7. The SMILES string of the molecule is CCCOc1cccc(CCNC(=NC)NC2CCN(C3CCCC3)CC2)c1. The van der Waals surface area contributed by atoms with Gasteiger partial charge in [0.15, 0.2) is 5.96 Å². The average Bonchev–Trinajstić information content (AvgIpc) is 3.27. The Bertz CT molecular complexity index is 604. The fourth-order valence-corrected chi connectivity index (χ4v) is 4.40. The molecule has 2 fully saturated rings. The van der Waals surface area contributed by atoms with Gasteiger partial charge in [0.25, 0.3) is 0 Å². The standard InChI is InChI=1S/C23H38N4O/c1-3-17-28-22-10-6-7-19(18-22)11-14-25-23(24-2)26-20-12-15-27(16-13-20)21-8-4-5-9-21/h6-7,10,18,20-21H,3-5,8-9,11-17H2,1-2H3,(H2,24,25,26). The van der Waals surface area contributed by atoms with E-state index in [1.165, 1.54) is 57.2 Å². The fourth-order valence-electron chi connectivity index (χ4n) is 4.40. The van der Waals surface area contributed by atoms with Crippen molar-refractivity contribution in [2.75, 3.05) is 33.3 Å². The van der Waals surface area contributed by atoms with Gasteiger partial charge in [-0.1, -0.05) is 31.9 Å². The zero-order valence-corrected chi connectivity index (χ0v) is 17.8. The molecule has 0 atom stereocenters. The Hall–Kier alpha value is -1.75. The van der Waals surface area contributed by atoms with E-state index in [-0.39, 0.29) is 0 Å². The third-order valence-corrected chi connectivity index (χ3v) is 6.01. The first kappa shape index (κ1) is 21.0. The topological polar surface area (TPSA) is 48.9 Å². The maximum absolute atomic E-state index is 5.73. The number of nitrogens with one attached hydrogen (secondary N) is 2. The quantitative estimate of drug-likeness (QED) is 0.529. The van der Waals surface area contributed by atoms with E-state index in [4.69, 9.17) is 4.74 Å². The molecule has 1 aromatic carbocycles. The highest BCUT2D eigenvalue weighted by Gasteiger charge is 2.27. The summed E-state index contributed by atoms with van der Waals surface area (Å²) >= 11 is 0. The summed E-state index contributed by atoms with van der Waals surface area (Å²) in [6.45, 7) is 6.23. The number of guanidine groups is 1. The number of aliphatic imine (C=N–C) groups is 1. The maximum atomic E-state index is 5.73. The van der Waals surface area contributed by atoms with Gasteiger partial charge >= 0.3 is 0 Å². The van der Waals surface area contributed by atoms with Crippen molar-refractivity contribution in [3.63, 3.8) is 0 Å². The van der Waals surface area contributed by atoms with Crippen LogP contribution in [0.4, 0.5) is 0 Å². The number of piperidine rings is 1. The summed E-state index contributed by atoms with van der Waals surface area (Å²) in [7, 11) is 1.86. The number of benzene rings is 1. The predicted molar refractivity (Wildman–Crippen MR) is 117 cm³/mol. The summed E-state index contributed by atoms with van der Waals surface area (Å²) in [4.78, 5) is 7.14. The molecule has 1 saturated carbocycles. The van der Waals surface area contributed by atoms with E-state index < -0.39 is 0 Å². The van der Waals surface area contributed by atoms with Crippen LogP contribution in [0.1, 0.15) is 57.4 Å². The van der Waals surface area contributed by atoms with Crippen molar-refractivity contribution >= 4 is 5.96 Å². The van der Waals surface area contributed by atoms with Gasteiger partial charge in [-0.05, 0) is 56.2 Å². The smallest absolute Gasteiger partial charge is 0.191 e. The van der Waals surface area contributed by atoms with Gasteiger partial charge < -0.3 is 20.3 Å². The van der Waals surface area contributed by atoms with Crippen molar-refractivity contribution in [2.24, 2.45) is 4.99 Å². The van der Waals surface area contributed by atoms with Crippen molar-refractivity contribution in [1.82, 2.24) is 15.5 Å². The van der Waals surface area contributed by atoms with Crippen molar-refractivity contribution in [3.8, 4) is 5.75 Å². The lowest BCUT2D eigenvalue weighted by atomic mass is 10.0. The van der Waals surface area contributed by atoms with Crippen LogP contribution in [0.25, 0.3) is 0 Å². The van der Waals surface area contributed by atoms with E-state index in [2.05, 4.69) is 45.6 Å². The highest BCUT2D eigenvalue weighted by atomic mass is 16.5. The van der Waals surface area contributed by atoms with Crippen molar-refractivity contribution < 1.29 is 4.74 Å². The Balaban J connectivity index is 1.37. The van der Waals surface area contributed by atoms with Crippen LogP contribution in [-0.4, -0.2) is 56.2 Å². The molecule has 1 aromatic rings. The van der Waals surface area contributed by atoms with E-state index in [1.54, 1.807) is 0 Å². The predicted octanol–water partition coefficient (Wildman–Crippen LogP) is 3.59. The number of hydrogen-bond donors (Lipinski definition) is 2. The Kier molecular flexibility index (Phi) is 8.46. The summed E-state index contributed by atoms with van der Waals surface area (Å²) in [5.74, 6) is 1.90. The van der Waals surface area contributed by atoms with Gasteiger partial charge in [0.2, 0.25) is 0 Å². The van der Waals surface area contributed by atoms with Gasteiger partial charge in [0.05, 0.1) is 6.61 Å². The molecule has 2 aliphatic rings. The minimum atomic E-state index is 0.537. The minimum Gasteiger partial charge on any atom is -0.494 e. The minimum absolute atomic E-state index is 0.537. The first-order chi connectivity index (χ1) is 13.8. The lowest BCUT2D eigenvalue weighted by molar-refractivity contribution is 0.150. The molecule has 0 bridgehead atoms. The second kappa shape index (κ2) is 11.3. The van der Waals surface area contributed by atoms with Crippen LogP contribution in [0.5, 0.6) is 5.75 Å². The molecular weight excluding hydrogens is 348 g/mol. The highest BCUT2D eigenvalue weighted by molar-refractivity contribution is 5.79. The molecule has 5 nitrogen and oxygen atoms in total. The van der Waals surface area contributed by atoms with Gasteiger partial charge in [-0.15, -0.1) is 0 Å². The molecule has 0 aromatic heterocycles. The molecule has 28 heavy (non-hydrogen) atoms. The lowest BCUT2D eigenvalue weighted by Gasteiger charge is -2.36. The Morgan fingerprint density at radius 1 is 1.18 bits per heavy atom. The van der Waals surface area contributed by atoms with Crippen LogP contribution in [0, 0.1) is 0 Å². The largest absolute Gasteiger partial charge is 0.494 e. The van der Waals surface area contributed by atoms with Crippen LogP contribution in [0.3, 0.4) is 0 Å². The van der Waals surface area contributed by atoms with Crippen LogP contribution in [0.15, 0.2) is 29.3 Å². The molecular formula is C23H38N4O. The first-order valence-corrected chi connectivity index (χ1v) is 11.2. The van der Waals surface area contributed by atoms with Crippen LogP contribution >= 0.6 is 0 Å². The average molecular weight is 387 g/mol. The zero-order valence-electron chi connectivity index (χ0n) is 17.8. The third kappa shape index (κ3) is 6.40. The third-order valence-electron chi connectivity index (χ3n) is 6.01. The Morgan fingerprint density at radius 2 is 1.96 bits per heavy atom. The zero-order chi connectivity index (χ0) is 19.6. The second-order valence-electron chi connectivity index (χ2n) is 8.14. The van der Waals surface area contributed by atoms with E-state index in [1.807, 2.05) is 13.1 Å². The Morgan fingerprint density at radius 3 is 2.68 bits per heavy atom. The molecule has 1 saturated heterocycles. The maximum Gasteiger partial charge on any atom is 0.191 e. The molecule has 1 aliphatic carbocycles. The molecule has 156 valence electrons. The van der Waals surface area contributed by atoms with Gasteiger partial charge in [-0.2, -0.15) is 0 Å². The van der Waals surface area contributed by atoms with E-state index in [0.717, 1.165) is 43.7 Å². The highest BCUT2D eigenvalue weighted by Crippen LogP contribution is 2.26. The molecule has 3 rings (SSSR count). The molecule has 5 heteroatoms. The van der Waals surface area contributed by atoms with E-state index in [0.29, 0.717) is 6.04 Å². The van der Waals surface area contributed by atoms with Crippen LogP contribution in [0.2, 0.25) is 0 Å². The molecule has 1 aliphatic heterocycles. The summed E-state index contributed by atoms with van der Waals surface area (Å²) in [5, 5.41) is 7.11. The lowest BCUT2D eigenvalue weighted by Crippen LogP contribution is -2.50. The molecule has 2 N–H and O–H groups in total. The summed E-state index contributed by atoms with van der Waals surface area (Å²) in [6.07, 6.45) is 10.1. The van der Waals surface area contributed by atoms with Crippen LogP contribution < -0.4 is 15.4 Å². The number of rotatable bonds is 8. The summed E-state index contributed by atoms with van der Waals surface area (Å²) in [6, 6.07) is 9.81. The Labute approximate surface area is 170 Å². The molecule has 0 radical (unpaired) electrons. The molecule has 0 unspecified atom stereocenters. The fraction of sp³-hybridized carbons (Fsp3) is 0.696. The number of hydrogen-bond acceptors (Lipinski definition) is 3. The number of ether oxygens (including phenoxy) is 1. The van der Waals surface area contributed by atoms with Crippen molar-refractivity contribution in [1.29, 1.82) is 0 Å².